The van der Waals surface area contributed by atoms with Gasteiger partial charge < -0.3 is 29.0 Å². The highest BCUT2D eigenvalue weighted by molar-refractivity contribution is 5.94. The van der Waals surface area contributed by atoms with Crippen molar-refractivity contribution in [2.45, 2.75) is 0 Å². The van der Waals surface area contributed by atoms with Gasteiger partial charge >= 0.3 is 0 Å². The summed E-state index contributed by atoms with van der Waals surface area (Å²) in [4.78, 5) is 12.2. The molecule has 140 valence electrons. The zero-order valence-corrected chi connectivity index (χ0v) is 15.3. The van der Waals surface area contributed by atoms with Crippen LogP contribution in [0, 0.1) is 0 Å². The minimum atomic E-state index is -0.224. The molecule has 7 heteroatoms. The topological polar surface area (TPSA) is 75.2 Å². The van der Waals surface area contributed by atoms with Crippen molar-refractivity contribution in [3.63, 3.8) is 0 Å². The van der Waals surface area contributed by atoms with Crippen molar-refractivity contribution in [2.75, 3.05) is 41.6 Å². The molecule has 7 nitrogen and oxygen atoms in total. The fraction of sp³-hybridized carbons (Fsp3) is 0.316. The third-order valence-corrected chi connectivity index (χ3v) is 3.63. The molecular formula is C19H23NO6. The quantitative estimate of drug-likeness (QED) is 0.692. The third-order valence-electron chi connectivity index (χ3n) is 3.63. The molecule has 2 aromatic rings. The molecule has 0 saturated carbocycles. The van der Waals surface area contributed by atoms with E-state index in [0.29, 0.717) is 47.5 Å². The summed E-state index contributed by atoms with van der Waals surface area (Å²) < 4.78 is 26.4. The Morgan fingerprint density at radius 1 is 0.808 bits per heavy atom. The van der Waals surface area contributed by atoms with Gasteiger partial charge in [-0.3, -0.25) is 4.79 Å². The molecule has 1 N–H and O–H groups in total. The van der Waals surface area contributed by atoms with Crippen LogP contribution in [0.4, 0.5) is 0 Å². The Morgan fingerprint density at radius 3 is 2.00 bits per heavy atom. The molecule has 0 fully saturated rings. The number of amides is 1. The van der Waals surface area contributed by atoms with Gasteiger partial charge in [-0.1, -0.05) is 0 Å². The Kier molecular flexibility index (Phi) is 6.96. The molecule has 0 atom stereocenters. The first-order valence-electron chi connectivity index (χ1n) is 7.97. The summed E-state index contributed by atoms with van der Waals surface area (Å²) in [6, 6.07) is 10.2. The molecule has 1 amide bonds. The van der Waals surface area contributed by atoms with Gasteiger partial charge in [-0.25, -0.2) is 0 Å². The molecule has 0 unspecified atom stereocenters. The van der Waals surface area contributed by atoms with Crippen LogP contribution in [-0.2, 0) is 0 Å². The molecule has 0 aliphatic rings. The highest BCUT2D eigenvalue weighted by atomic mass is 16.5. The van der Waals surface area contributed by atoms with E-state index in [9.17, 15) is 4.79 Å². The van der Waals surface area contributed by atoms with Crippen LogP contribution in [0.15, 0.2) is 36.4 Å². The number of benzene rings is 2. The predicted molar refractivity (Wildman–Crippen MR) is 96.9 cm³/mol. The zero-order valence-electron chi connectivity index (χ0n) is 15.3. The lowest BCUT2D eigenvalue weighted by atomic mass is 10.2. The van der Waals surface area contributed by atoms with E-state index < -0.39 is 0 Å². The fourth-order valence-electron chi connectivity index (χ4n) is 2.28. The average Bonchev–Trinajstić information content (AvgIpc) is 2.69. The smallest absolute Gasteiger partial charge is 0.251 e. The van der Waals surface area contributed by atoms with Gasteiger partial charge in [-0.15, -0.1) is 0 Å². The van der Waals surface area contributed by atoms with E-state index in [0.717, 1.165) is 0 Å². The van der Waals surface area contributed by atoms with Crippen LogP contribution in [-0.4, -0.2) is 47.5 Å². The standard InChI is InChI=1S/C19H23NO6/c1-22-14-10-15(23-2)12-16(11-14)26-8-7-20-19(21)13-5-6-17(24-3)18(9-13)25-4/h5-6,9-12H,7-8H2,1-4H3,(H,20,21). The van der Waals surface area contributed by atoms with Crippen molar-refractivity contribution in [1.82, 2.24) is 5.32 Å². The molecule has 0 spiro atoms. The summed E-state index contributed by atoms with van der Waals surface area (Å²) in [5, 5.41) is 2.79. The third kappa shape index (κ3) is 4.95. The van der Waals surface area contributed by atoms with Crippen LogP contribution < -0.4 is 29.0 Å². The zero-order chi connectivity index (χ0) is 18.9. The Bertz CT molecular complexity index is 725. The predicted octanol–water partition coefficient (Wildman–Crippen LogP) is 2.53. The van der Waals surface area contributed by atoms with Crippen molar-refractivity contribution < 1.29 is 28.5 Å². The van der Waals surface area contributed by atoms with E-state index >= 15 is 0 Å². The van der Waals surface area contributed by atoms with E-state index in [4.69, 9.17) is 23.7 Å². The van der Waals surface area contributed by atoms with Crippen molar-refractivity contribution in [3.8, 4) is 28.7 Å². The molecule has 0 aromatic heterocycles. The monoisotopic (exact) mass is 361 g/mol. The van der Waals surface area contributed by atoms with Gasteiger partial charge in [0.05, 0.1) is 35.0 Å². The number of rotatable bonds is 9. The van der Waals surface area contributed by atoms with Gasteiger partial charge in [-0.05, 0) is 18.2 Å². The SMILES string of the molecule is COc1cc(OC)cc(OCCNC(=O)c2ccc(OC)c(OC)c2)c1. The Labute approximate surface area is 152 Å². The first-order chi connectivity index (χ1) is 12.6. The van der Waals surface area contributed by atoms with Crippen LogP contribution in [0.1, 0.15) is 10.4 Å². The van der Waals surface area contributed by atoms with Gasteiger partial charge in [0.25, 0.3) is 5.91 Å². The summed E-state index contributed by atoms with van der Waals surface area (Å²) in [7, 11) is 6.21. The summed E-state index contributed by atoms with van der Waals surface area (Å²) in [6.07, 6.45) is 0. The average molecular weight is 361 g/mol. The second kappa shape index (κ2) is 9.41. The summed E-state index contributed by atoms with van der Waals surface area (Å²) in [5.41, 5.74) is 0.477. The van der Waals surface area contributed by atoms with Gasteiger partial charge in [0, 0.05) is 23.8 Å². The molecule has 0 bridgehead atoms. The summed E-state index contributed by atoms with van der Waals surface area (Å²) in [6.45, 7) is 0.641. The number of nitrogens with one attached hydrogen (secondary N) is 1. The minimum absolute atomic E-state index is 0.224. The molecule has 2 rings (SSSR count). The lowest BCUT2D eigenvalue weighted by Gasteiger charge is -2.12. The number of carbonyl (C=O) groups excluding carboxylic acids is 1. The molecule has 0 aliphatic carbocycles. The molecule has 0 heterocycles. The van der Waals surface area contributed by atoms with E-state index in [1.165, 1.54) is 7.11 Å². The Hall–Kier alpha value is -3.09. The molecule has 0 radical (unpaired) electrons. The van der Waals surface area contributed by atoms with E-state index in [-0.39, 0.29) is 5.91 Å². The van der Waals surface area contributed by atoms with E-state index in [1.54, 1.807) is 57.7 Å². The number of methoxy groups -OCH3 is 4. The van der Waals surface area contributed by atoms with Crippen LogP contribution in [0.25, 0.3) is 0 Å². The lowest BCUT2D eigenvalue weighted by Crippen LogP contribution is -2.28. The summed E-state index contributed by atoms with van der Waals surface area (Å²) in [5.74, 6) is 2.71. The number of carbonyl (C=O) groups is 1. The normalized spacial score (nSPS) is 10.0. The number of ether oxygens (including phenoxy) is 5. The van der Waals surface area contributed by atoms with Crippen LogP contribution in [0.5, 0.6) is 28.7 Å². The van der Waals surface area contributed by atoms with Crippen LogP contribution >= 0.6 is 0 Å². The van der Waals surface area contributed by atoms with Gasteiger partial charge in [0.2, 0.25) is 0 Å². The lowest BCUT2D eigenvalue weighted by molar-refractivity contribution is 0.0946. The molecule has 0 saturated heterocycles. The van der Waals surface area contributed by atoms with Gasteiger partial charge in [-0.2, -0.15) is 0 Å². The first kappa shape index (κ1) is 19.2. The molecule has 2 aromatic carbocycles. The Balaban J connectivity index is 1.89. The molecule has 0 aliphatic heterocycles. The number of hydrogen-bond donors (Lipinski definition) is 1. The Morgan fingerprint density at radius 2 is 1.42 bits per heavy atom. The maximum Gasteiger partial charge on any atom is 0.251 e. The highest BCUT2D eigenvalue weighted by Crippen LogP contribution is 2.28. The maximum atomic E-state index is 12.2. The van der Waals surface area contributed by atoms with Crippen molar-refractivity contribution in [3.05, 3.63) is 42.0 Å². The van der Waals surface area contributed by atoms with Crippen molar-refractivity contribution in [1.29, 1.82) is 0 Å². The second-order valence-corrected chi connectivity index (χ2v) is 5.22. The maximum absolute atomic E-state index is 12.2. The largest absolute Gasteiger partial charge is 0.496 e. The second-order valence-electron chi connectivity index (χ2n) is 5.22. The minimum Gasteiger partial charge on any atom is -0.496 e. The highest BCUT2D eigenvalue weighted by Gasteiger charge is 2.10. The first-order valence-corrected chi connectivity index (χ1v) is 7.97. The van der Waals surface area contributed by atoms with Crippen molar-refractivity contribution in [2.24, 2.45) is 0 Å². The number of hydrogen-bond acceptors (Lipinski definition) is 6. The molecular weight excluding hydrogens is 338 g/mol. The van der Waals surface area contributed by atoms with Crippen LogP contribution in [0.2, 0.25) is 0 Å². The van der Waals surface area contributed by atoms with Gasteiger partial charge in [0.15, 0.2) is 11.5 Å². The summed E-state index contributed by atoms with van der Waals surface area (Å²) >= 11 is 0. The fourth-order valence-corrected chi connectivity index (χ4v) is 2.28. The van der Waals surface area contributed by atoms with E-state index in [2.05, 4.69) is 5.32 Å². The van der Waals surface area contributed by atoms with Crippen LogP contribution in [0.3, 0.4) is 0 Å². The van der Waals surface area contributed by atoms with Crippen molar-refractivity contribution >= 4 is 5.91 Å². The van der Waals surface area contributed by atoms with E-state index in [1.807, 2.05) is 0 Å². The van der Waals surface area contributed by atoms with Gasteiger partial charge in [0.1, 0.15) is 23.9 Å². The molecule has 26 heavy (non-hydrogen) atoms.